The quantitative estimate of drug-likeness (QED) is 0.348. The first-order valence-corrected chi connectivity index (χ1v) is 10.1. The number of fused-ring (bicyclic) bond motifs is 1. The molecule has 0 N–H and O–H groups in total. The molecule has 0 aliphatic carbocycles. The number of rotatable bonds is 7. The van der Waals surface area contributed by atoms with Crippen LogP contribution in [0.25, 0.3) is 5.69 Å². The zero-order valence-corrected chi connectivity index (χ0v) is 16.2. The standard InChI is InChI=1S/C20H19N5O2S/c1-14-7-6-8-15(13-14)25-20(21-22-23-25)28-12-5-4-11-24-18(26)16-9-2-3-10-17(16)19(24)27/h2-3,6-10,13H,4-5,11-12H2,1H3. The third kappa shape index (κ3) is 3.55. The van der Waals surface area contributed by atoms with Gasteiger partial charge in [0.25, 0.3) is 11.8 Å². The minimum atomic E-state index is -0.198. The van der Waals surface area contributed by atoms with Gasteiger partial charge in [0.1, 0.15) is 0 Å². The molecule has 142 valence electrons. The van der Waals surface area contributed by atoms with Gasteiger partial charge >= 0.3 is 0 Å². The molecular weight excluding hydrogens is 374 g/mol. The molecule has 2 aromatic carbocycles. The minimum absolute atomic E-state index is 0.198. The van der Waals surface area contributed by atoms with E-state index in [-0.39, 0.29) is 11.8 Å². The number of carbonyl (C=O) groups excluding carboxylic acids is 2. The predicted molar refractivity (Wildman–Crippen MR) is 106 cm³/mol. The van der Waals surface area contributed by atoms with Crippen LogP contribution in [-0.4, -0.2) is 49.2 Å². The van der Waals surface area contributed by atoms with E-state index in [1.807, 2.05) is 31.2 Å². The van der Waals surface area contributed by atoms with E-state index in [0.29, 0.717) is 17.7 Å². The number of nitrogens with zero attached hydrogens (tertiary/aromatic N) is 5. The third-order valence-corrected chi connectivity index (χ3v) is 5.58. The lowest BCUT2D eigenvalue weighted by Crippen LogP contribution is -2.30. The predicted octanol–water partition coefficient (Wildman–Crippen LogP) is 3.14. The summed E-state index contributed by atoms with van der Waals surface area (Å²) in [7, 11) is 0. The number of imide groups is 1. The number of thioether (sulfide) groups is 1. The van der Waals surface area contributed by atoms with Crippen LogP contribution in [-0.2, 0) is 0 Å². The van der Waals surface area contributed by atoms with E-state index in [0.717, 1.165) is 35.0 Å². The number of aromatic nitrogens is 4. The SMILES string of the molecule is Cc1cccc(-n2nnnc2SCCCCN2C(=O)c3ccccc3C2=O)c1. The van der Waals surface area contributed by atoms with E-state index in [2.05, 4.69) is 15.5 Å². The van der Waals surface area contributed by atoms with Crippen LogP contribution in [0.4, 0.5) is 0 Å². The number of benzene rings is 2. The molecule has 28 heavy (non-hydrogen) atoms. The van der Waals surface area contributed by atoms with Crippen LogP contribution in [0.1, 0.15) is 39.1 Å². The summed E-state index contributed by atoms with van der Waals surface area (Å²) in [4.78, 5) is 26.1. The Hall–Kier alpha value is -3.00. The number of carbonyl (C=O) groups is 2. The molecule has 0 saturated carbocycles. The van der Waals surface area contributed by atoms with Crippen molar-refractivity contribution in [3.8, 4) is 5.69 Å². The van der Waals surface area contributed by atoms with Gasteiger partial charge in [-0.15, -0.1) is 5.10 Å². The molecule has 0 unspecified atom stereocenters. The average molecular weight is 393 g/mol. The molecule has 3 aromatic rings. The fourth-order valence-corrected chi connectivity index (χ4v) is 4.06. The van der Waals surface area contributed by atoms with Crippen molar-refractivity contribution < 1.29 is 9.59 Å². The maximum absolute atomic E-state index is 12.4. The minimum Gasteiger partial charge on any atom is -0.274 e. The van der Waals surface area contributed by atoms with Gasteiger partial charge in [-0.1, -0.05) is 36.0 Å². The topological polar surface area (TPSA) is 81.0 Å². The Morgan fingerprint density at radius 3 is 2.43 bits per heavy atom. The van der Waals surface area contributed by atoms with Crippen molar-refractivity contribution in [1.82, 2.24) is 25.1 Å². The second-order valence-corrected chi connectivity index (χ2v) is 7.64. The number of hydrogen-bond acceptors (Lipinski definition) is 6. The van der Waals surface area contributed by atoms with Crippen LogP contribution in [0.15, 0.2) is 53.7 Å². The molecule has 7 nitrogen and oxygen atoms in total. The lowest BCUT2D eigenvalue weighted by atomic mass is 10.1. The Morgan fingerprint density at radius 2 is 1.71 bits per heavy atom. The Labute approximate surface area is 166 Å². The summed E-state index contributed by atoms with van der Waals surface area (Å²) < 4.78 is 1.72. The van der Waals surface area contributed by atoms with Crippen molar-refractivity contribution in [3.63, 3.8) is 0 Å². The van der Waals surface area contributed by atoms with Crippen molar-refractivity contribution >= 4 is 23.6 Å². The molecule has 4 rings (SSSR count). The van der Waals surface area contributed by atoms with Crippen molar-refractivity contribution in [2.45, 2.75) is 24.9 Å². The lowest BCUT2D eigenvalue weighted by Gasteiger charge is -2.13. The first kappa shape index (κ1) is 18.4. The molecule has 1 aromatic heterocycles. The summed E-state index contributed by atoms with van der Waals surface area (Å²) in [6, 6.07) is 15.0. The molecule has 0 fully saturated rings. The highest BCUT2D eigenvalue weighted by molar-refractivity contribution is 7.99. The first-order valence-electron chi connectivity index (χ1n) is 9.08. The summed E-state index contributed by atoms with van der Waals surface area (Å²) in [6.45, 7) is 2.45. The van der Waals surface area contributed by atoms with Crippen LogP contribution >= 0.6 is 11.8 Å². The summed E-state index contributed by atoms with van der Waals surface area (Å²) in [6.07, 6.45) is 1.59. The number of amides is 2. The van der Waals surface area contributed by atoms with Gasteiger partial charge in [0, 0.05) is 12.3 Å². The van der Waals surface area contributed by atoms with Crippen molar-refractivity contribution in [1.29, 1.82) is 0 Å². The van der Waals surface area contributed by atoms with Gasteiger partial charge < -0.3 is 0 Å². The molecule has 8 heteroatoms. The molecule has 1 aliphatic heterocycles. The molecule has 0 atom stereocenters. The van der Waals surface area contributed by atoms with Crippen molar-refractivity contribution in [2.24, 2.45) is 0 Å². The highest BCUT2D eigenvalue weighted by atomic mass is 32.2. The molecule has 0 spiro atoms. The van der Waals surface area contributed by atoms with Gasteiger partial charge in [0.05, 0.1) is 16.8 Å². The lowest BCUT2D eigenvalue weighted by molar-refractivity contribution is 0.0652. The Bertz CT molecular complexity index is 998. The van der Waals surface area contributed by atoms with Crippen LogP contribution in [0, 0.1) is 6.92 Å². The van der Waals surface area contributed by atoms with Crippen LogP contribution in [0.5, 0.6) is 0 Å². The largest absolute Gasteiger partial charge is 0.274 e. The molecule has 1 aliphatic rings. The van der Waals surface area contributed by atoms with Crippen LogP contribution in [0.3, 0.4) is 0 Å². The van der Waals surface area contributed by atoms with E-state index >= 15 is 0 Å². The second-order valence-electron chi connectivity index (χ2n) is 6.58. The Morgan fingerprint density at radius 1 is 0.964 bits per heavy atom. The zero-order valence-electron chi connectivity index (χ0n) is 15.4. The van der Waals surface area contributed by atoms with E-state index in [1.54, 1.807) is 40.7 Å². The van der Waals surface area contributed by atoms with Gasteiger partial charge in [-0.2, -0.15) is 4.68 Å². The zero-order chi connectivity index (χ0) is 19.5. The van der Waals surface area contributed by atoms with E-state index in [4.69, 9.17) is 0 Å². The fourth-order valence-electron chi connectivity index (χ4n) is 3.17. The fraction of sp³-hybridized carbons (Fsp3) is 0.250. The average Bonchev–Trinajstić information content (AvgIpc) is 3.26. The van der Waals surface area contributed by atoms with Crippen molar-refractivity contribution in [2.75, 3.05) is 12.3 Å². The smallest absolute Gasteiger partial charge is 0.261 e. The van der Waals surface area contributed by atoms with Gasteiger partial charge in [-0.3, -0.25) is 14.5 Å². The Balaban J connectivity index is 1.29. The monoisotopic (exact) mass is 393 g/mol. The number of unbranched alkanes of at least 4 members (excludes halogenated alkanes) is 1. The number of hydrogen-bond donors (Lipinski definition) is 0. The van der Waals surface area contributed by atoms with Gasteiger partial charge in [0.2, 0.25) is 5.16 Å². The summed E-state index contributed by atoms with van der Waals surface area (Å²) in [5, 5.41) is 12.7. The molecule has 0 saturated heterocycles. The normalized spacial score (nSPS) is 13.2. The molecule has 2 heterocycles. The first-order chi connectivity index (χ1) is 13.6. The molecule has 0 radical (unpaired) electrons. The van der Waals surface area contributed by atoms with Crippen LogP contribution < -0.4 is 0 Å². The van der Waals surface area contributed by atoms with Crippen LogP contribution in [0.2, 0.25) is 0 Å². The molecular formula is C20H19N5O2S. The van der Waals surface area contributed by atoms with E-state index in [9.17, 15) is 9.59 Å². The summed E-state index contributed by atoms with van der Waals surface area (Å²) >= 11 is 1.56. The van der Waals surface area contributed by atoms with Gasteiger partial charge in [0.15, 0.2) is 0 Å². The third-order valence-electron chi connectivity index (χ3n) is 4.57. The maximum atomic E-state index is 12.4. The number of tetrazole rings is 1. The van der Waals surface area contributed by atoms with Gasteiger partial charge in [-0.05, 0) is 60.0 Å². The highest BCUT2D eigenvalue weighted by Crippen LogP contribution is 2.24. The van der Waals surface area contributed by atoms with Crippen molar-refractivity contribution in [3.05, 3.63) is 65.2 Å². The molecule has 2 amide bonds. The molecule has 0 bridgehead atoms. The van der Waals surface area contributed by atoms with E-state index in [1.165, 1.54) is 4.90 Å². The summed E-state index contributed by atoms with van der Waals surface area (Å²) in [5.74, 6) is 0.406. The highest BCUT2D eigenvalue weighted by Gasteiger charge is 2.34. The second kappa shape index (κ2) is 7.93. The van der Waals surface area contributed by atoms with E-state index < -0.39 is 0 Å². The summed E-state index contributed by atoms with van der Waals surface area (Å²) in [5.41, 5.74) is 3.07. The van der Waals surface area contributed by atoms with Gasteiger partial charge in [-0.25, -0.2) is 0 Å². The Kier molecular flexibility index (Phi) is 5.21. The number of aryl methyl sites for hydroxylation is 1. The maximum Gasteiger partial charge on any atom is 0.261 e.